The smallest absolute Gasteiger partial charge is 0.326 e. The van der Waals surface area contributed by atoms with Gasteiger partial charge in [-0.3, -0.25) is 9.36 Å². The number of carbonyl (C=O) groups excluding carboxylic acids is 1. The summed E-state index contributed by atoms with van der Waals surface area (Å²) < 4.78 is 1.78. The lowest BCUT2D eigenvalue weighted by Crippen LogP contribution is -2.41. The molecule has 1 amide bonds. The van der Waals surface area contributed by atoms with Crippen LogP contribution in [0.1, 0.15) is 62.4 Å². The minimum atomic E-state index is -1.05. The monoisotopic (exact) mass is 359 g/mol. The molecule has 0 spiro atoms. The summed E-state index contributed by atoms with van der Waals surface area (Å²) in [6.45, 7) is 3.81. The molecule has 1 saturated carbocycles. The lowest BCUT2D eigenvalue weighted by Gasteiger charge is -2.16. The van der Waals surface area contributed by atoms with Crippen molar-refractivity contribution in [2.45, 2.75) is 58.0 Å². The Morgan fingerprint density at radius 2 is 2.00 bits per heavy atom. The molecule has 3 rings (SSSR count). The van der Waals surface area contributed by atoms with Gasteiger partial charge in [0.25, 0.3) is 5.91 Å². The zero-order chi connectivity index (χ0) is 18.8. The van der Waals surface area contributed by atoms with Crippen LogP contribution in [0.25, 0.3) is 11.0 Å². The fourth-order valence-electron chi connectivity index (χ4n) is 3.73. The second-order valence-electron chi connectivity index (χ2n) is 7.46. The number of hydrogen-bond donors (Lipinski definition) is 3. The van der Waals surface area contributed by atoms with E-state index in [1.807, 2.05) is 13.8 Å². The first-order valence-electron chi connectivity index (χ1n) is 9.14. The second-order valence-corrected chi connectivity index (χ2v) is 7.46. The van der Waals surface area contributed by atoms with Crippen molar-refractivity contribution in [2.75, 3.05) is 0 Å². The molecule has 1 fully saturated rings. The first-order valence-corrected chi connectivity index (χ1v) is 9.14. The average molecular weight is 359 g/mol. The van der Waals surface area contributed by atoms with E-state index in [9.17, 15) is 19.5 Å². The van der Waals surface area contributed by atoms with Crippen molar-refractivity contribution in [1.82, 2.24) is 14.9 Å². The van der Waals surface area contributed by atoms with Crippen molar-refractivity contribution in [3.8, 4) is 0 Å². The molecule has 0 radical (unpaired) electrons. The lowest BCUT2D eigenvalue weighted by molar-refractivity contribution is -0.139. The average Bonchev–Trinajstić information content (AvgIpc) is 3.19. The van der Waals surface area contributed by atoms with Gasteiger partial charge in [-0.2, -0.15) is 0 Å². The Hall–Kier alpha value is -2.57. The van der Waals surface area contributed by atoms with Crippen LogP contribution < -0.4 is 11.0 Å². The molecule has 3 N–H and O–H groups in total. The third-order valence-electron chi connectivity index (χ3n) is 4.98. The summed E-state index contributed by atoms with van der Waals surface area (Å²) in [6.07, 6.45) is 4.58. The highest BCUT2D eigenvalue weighted by atomic mass is 16.4. The third kappa shape index (κ3) is 3.66. The van der Waals surface area contributed by atoms with Gasteiger partial charge in [-0.1, -0.05) is 26.7 Å². The first-order chi connectivity index (χ1) is 12.4. The molecule has 1 aromatic heterocycles. The zero-order valence-corrected chi connectivity index (χ0v) is 15.1. The van der Waals surface area contributed by atoms with Crippen molar-refractivity contribution < 1.29 is 14.7 Å². The number of aromatic nitrogens is 2. The number of nitrogens with one attached hydrogen (secondary N) is 2. The van der Waals surface area contributed by atoms with Crippen molar-refractivity contribution in [1.29, 1.82) is 0 Å². The van der Waals surface area contributed by atoms with Crippen LogP contribution in [0.15, 0.2) is 23.0 Å². The highest BCUT2D eigenvalue weighted by molar-refractivity contribution is 5.99. The number of fused-ring (bicyclic) bond motifs is 1. The Kier molecular flexibility index (Phi) is 5.15. The summed E-state index contributed by atoms with van der Waals surface area (Å²) in [5.74, 6) is -1.35. The van der Waals surface area contributed by atoms with Gasteiger partial charge in [-0.05, 0) is 43.4 Å². The van der Waals surface area contributed by atoms with Crippen molar-refractivity contribution in [2.24, 2.45) is 5.92 Å². The molecule has 0 bridgehead atoms. The molecule has 0 aliphatic heterocycles. The van der Waals surface area contributed by atoms with Crippen molar-refractivity contribution in [3.05, 3.63) is 34.2 Å². The molecule has 1 heterocycles. The summed E-state index contributed by atoms with van der Waals surface area (Å²) in [7, 11) is 0. The predicted molar refractivity (Wildman–Crippen MR) is 98.4 cm³/mol. The zero-order valence-electron chi connectivity index (χ0n) is 15.1. The minimum absolute atomic E-state index is 0.149. The van der Waals surface area contributed by atoms with Crippen LogP contribution in [-0.4, -0.2) is 32.6 Å². The highest BCUT2D eigenvalue weighted by Gasteiger charge is 2.24. The van der Waals surface area contributed by atoms with Crippen LogP contribution >= 0.6 is 0 Å². The number of aliphatic carboxylic acids is 1. The Morgan fingerprint density at radius 1 is 1.31 bits per heavy atom. The van der Waals surface area contributed by atoms with Crippen LogP contribution in [0.3, 0.4) is 0 Å². The van der Waals surface area contributed by atoms with E-state index >= 15 is 0 Å². The SMILES string of the molecule is CC(C)C[C@H](NC(=O)c1ccc2c(c1)[nH]c(=O)n2C1CCCC1)C(=O)O. The van der Waals surface area contributed by atoms with Crippen LogP contribution in [0, 0.1) is 5.92 Å². The number of carboxylic acids is 1. The molecule has 7 heteroatoms. The fraction of sp³-hybridized carbons (Fsp3) is 0.526. The van der Waals surface area contributed by atoms with E-state index in [4.69, 9.17) is 0 Å². The standard InChI is InChI=1S/C19H25N3O4/c1-11(2)9-15(18(24)25)20-17(23)12-7-8-16-14(10-12)21-19(26)22(16)13-5-3-4-6-13/h7-8,10-11,13,15H,3-6,9H2,1-2H3,(H,20,23)(H,21,26)(H,24,25)/t15-/m0/s1. The van der Waals surface area contributed by atoms with E-state index in [2.05, 4.69) is 10.3 Å². The molecule has 2 aromatic rings. The maximum absolute atomic E-state index is 12.5. The molecular weight excluding hydrogens is 334 g/mol. The maximum atomic E-state index is 12.5. The van der Waals surface area contributed by atoms with E-state index in [0.717, 1.165) is 31.2 Å². The molecule has 1 atom stereocenters. The summed E-state index contributed by atoms with van der Waals surface area (Å²) in [5.41, 5.74) is 1.57. The summed E-state index contributed by atoms with van der Waals surface area (Å²) in [4.78, 5) is 38.9. The topological polar surface area (TPSA) is 104 Å². The molecule has 1 aliphatic rings. The number of aromatic amines is 1. The van der Waals surface area contributed by atoms with E-state index in [1.54, 1.807) is 22.8 Å². The Balaban J connectivity index is 1.86. The number of rotatable bonds is 6. The quantitative estimate of drug-likeness (QED) is 0.737. The van der Waals surface area contributed by atoms with Gasteiger partial charge in [-0.25, -0.2) is 9.59 Å². The number of amides is 1. The van der Waals surface area contributed by atoms with Gasteiger partial charge in [-0.15, -0.1) is 0 Å². The second kappa shape index (κ2) is 7.35. The molecule has 140 valence electrons. The van der Waals surface area contributed by atoms with Crippen LogP contribution in [-0.2, 0) is 4.79 Å². The number of benzene rings is 1. The van der Waals surface area contributed by atoms with Gasteiger partial charge in [0.1, 0.15) is 6.04 Å². The first kappa shape index (κ1) is 18.2. The van der Waals surface area contributed by atoms with Gasteiger partial charge in [0.05, 0.1) is 11.0 Å². The third-order valence-corrected chi connectivity index (χ3v) is 4.98. The summed E-state index contributed by atoms with van der Waals surface area (Å²) in [5, 5.41) is 11.9. The molecular formula is C19H25N3O4. The van der Waals surface area contributed by atoms with Gasteiger partial charge in [0, 0.05) is 11.6 Å². The minimum Gasteiger partial charge on any atom is -0.480 e. The number of H-pyrrole nitrogens is 1. The number of nitrogens with zero attached hydrogens (tertiary/aromatic N) is 1. The van der Waals surface area contributed by atoms with Crippen LogP contribution in [0.4, 0.5) is 0 Å². The van der Waals surface area contributed by atoms with Crippen molar-refractivity contribution >= 4 is 22.9 Å². The van der Waals surface area contributed by atoms with Crippen LogP contribution in [0.5, 0.6) is 0 Å². The normalized spacial score (nSPS) is 16.3. The van der Waals surface area contributed by atoms with E-state index in [0.29, 0.717) is 17.5 Å². The van der Waals surface area contributed by atoms with Crippen molar-refractivity contribution in [3.63, 3.8) is 0 Å². The molecule has 7 nitrogen and oxygen atoms in total. The van der Waals surface area contributed by atoms with Gasteiger partial charge < -0.3 is 15.4 Å². The van der Waals surface area contributed by atoms with E-state index in [1.165, 1.54) is 0 Å². The number of imidazole rings is 1. The van der Waals surface area contributed by atoms with Gasteiger partial charge in [0.2, 0.25) is 0 Å². The Morgan fingerprint density at radius 3 is 2.62 bits per heavy atom. The maximum Gasteiger partial charge on any atom is 0.326 e. The number of hydrogen-bond acceptors (Lipinski definition) is 3. The van der Waals surface area contributed by atoms with Gasteiger partial charge >= 0.3 is 11.7 Å². The Bertz CT molecular complexity index is 875. The van der Waals surface area contributed by atoms with Gasteiger partial charge in [0.15, 0.2) is 0 Å². The molecule has 0 saturated heterocycles. The highest BCUT2D eigenvalue weighted by Crippen LogP contribution is 2.30. The largest absolute Gasteiger partial charge is 0.480 e. The molecule has 1 aromatic carbocycles. The summed E-state index contributed by atoms with van der Waals surface area (Å²) in [6, 6.07) is 4.30. The molecule has 0 unspecified atom stereocenters. The predicted octanol–water partition coefficient (Wildman–Crippen LogP) is 2.67. The van der Waals surface area contributed by atoms with E-state index < -0.39 is 17.9 Å². The molecule has 26 heavy (non-hydrogen) atoms. The Labute approximate surface area is 151 Å². The lowest BCUT2D eigenvalue weighted by atomic mass is 10.0. The number of carbonyl (C=O) groups is 2. The number of carboxylic acid groups (broad SMARTS) is 1. The fourth-order valence-corrected chi connectivity index (χ4v) is 3.73. The molecule has 1 aliphatic carbocycles. The summed E-state index contributed by atoms with van der Waals surface area (Å²) >= 11 is 0. The van der Waals surface area contributed by atoms with Crippen LogP contribution in [0.2, 0.25) is 0 Å². The van der Waals surface area contributed by atoms with E-state index in [-0.39, 0.29) is 17.6 Å².